The number of aromatic nitrogens is 2. The lowest BCUT2D eigenvalue weighted by atomic mass is 10.2. The van der Waals surface area contributed by atoms with Crippen LogP contribution in [0.4, 0.5) is 0 Å². The standard InChI is InChI=1S/C14H20N2O3.C11H16N2O/c1-2-19-14(17)9-13-4-3-12(10-15-13)11-16-5-7-18-8-6-16;1-10-2-3-11(8-12-10)9-13-4-6-14-7-5-13/h3-4,10H,2,5-9,11H2,1H3;2-3,8H,4-7,9H2,1H3. The van der Waals surface area contributed by atoms with E-state index in [1.54, 1.807) is 6.92 Å². The van der Waals surface area contributed by atoms with Crippen molar-refractivity contribution in [3.8, 4) is 0 Å². The third-order valence-electron chi connectivity index (χ3n) is 5.51. The Kier molecular flexibility index (Phi) is 10.7. The summed E-state index contributed by atoms with van der Waals surface area (Å²) in [6.07, 6.45) is 4.04. The summed E-state index contributed by atoms with van der Waals surface area (Å²) >= 11 is 0. The highest BCUT2D eigenvalue weighted by Crippen LogP contribution is 2.08. The molecule has 2 aliphatic heterocycles. The summed E-state index contributed by atoms with van der Waals surface area (Å²) in [7, 11) is 0. The average molecular weight is 457 g/mol. The summed E-state index contributed by atoms with van der Waals surface area (Å²) in [5.74, 6) is -0.226. The number of carbonyl (C=O) groups excluding carboxylic acids is 1. The Balaban J connectivity index is 0.000000194. The highest BCUT2D eigenvalue weighted by molar-refractivity contribution is 5.71. The zero-order chi connectivity index (χ0) is 23.3. The molecule has 33 heavy (non-hydrogen) atoms. The topological polar surface area (TPSA) is 77.0 Å². The average Bonchev–Trinajstić information content (AvgIpc) is 2.84. The highest BCUT2D eigenvalue weighted by atomic mass is 16.5. The fourth-order valence-corrected chi connectivity index (χ4v) is 3.64. The monoisotopic (exact) mass is 456 g/mol. The summed E-state index contributed by atoms with van der Waals surface area (Å²) < 4.78 is 15.5. The lowest BCUT2D eigenvalue weighted by Gasteiger charge is -2.26. The first-order chi connectivity index (χ1) is 16.1. The van der Waals surface area contributed by atoms with E-state index in [4.69, 9.17) is 14.2 Å². The van der Waals surface area contributed by atoms with E-state index in [1.165, 1.54) is 5.56 Å². The second kappa shape index (κ2) is 14.0. The molecule has 0 saturated carbocycles. The first kappa shape index (κ1) is 25.2. The molecular formula is C25H36N4O4. The number of morpholine rings is 2. The van der Waals surface area contributed by atoms with Crippen molar-refractivity contribution in [2.75, 3.05) is 59.2 Å². The van der Waals surface area contributed by atoms with Crippen molar-refractivity contribution in [2.45, 2.75) is 33.4 Å². The SMILES string of the molecule is CCOC(=O)Cc1ccc(CN2CCOCC2)cn1.Cc1ccc(CN2CCOCC2)cn1. The summed E-state index contributed by atoms with van der Waals surface area (Å²) in [5.41, 5.74) is 4.28. The third kappa shape index (κ3) is 9.55. The fraction of sp³-hybridized carbons (Fsp3) is 0.560. The van der Waals surface area contributed by atoms with Crippen LogP contribution in [0.25, 0.3) is 0 Å². The molecule has 0 atom stereocenters. The normalized spacial score (nSPS) is 17.2. The minimum absolute atomic E-state index is 0.226. The van der Waals surface area contributed by atoms with E-state index in [0.717, 1.165) is 82.6 Å². The number of carbonyl (C=O) groups is 1. The number of nitrogens with zero attached hydrogens (tertiary/aromatic N) is 4. The molecule has 0 spiro atoms. The molecule has 0 bridgehead atoms. The molecule has 2 aromatic rings. The largest absolute Gasteiger partial charge is 0.466 e. The molecule has 0 unspecified atom stereocenters. The number of aryl methyl sites for hydroxylation is 1. The fourth-order valence-electron chi connectivity index (χ4n) is 3.64. The summed E-state index contributed by atoms with van der Waals surface area (Å²) in [6, 6.07) is 8.14. The van der Waals surface area contributed by atoms with Gasteiger partial charge in [-0.3, -0.25) is 24.6 Å². The van der Waals surface area contributed by atoms with Gasteiger partial charge in [-0.2, -0.15) is 0 Å². The lowest BCUT2D eigenvalue weighted by molar-refractivity contribution is -0.142. The van der Waals surface area contributed by atoms with Crippen LogP contribution in [0, 0.1) is 6.92 Å². The second-order valence-corrected chi connectivity index (χ2v) is 8.22. The maximum atomic E-state index is 11.3. The number of hydrogen-bond donors (Lipinski definition) is 0. The zero-order valence-electron chi connectivity index (χ0n) is 19.9. The van der Waals surface area contributed by atoms with Crippen LogP contribution in [0.2, 0.25) is 0 Å². The van der Waals surface area contributed by atoms with Crippen molar-refractivity contribution in [2.24, 2.45) is 0 Å². The van der Waals surface area contributed by atoms with Gasteiger partial charge in [0.25, 0.3) is 0 Å². The molecule has 4 rings (SSSR count). The van der Waals surface area contributed by atoms with Gasteiger partial charge >= 0.3 is 5.97 Å². The van der Waals surface area contributed by atoms with Gasteiger partial charge in [0.2, 0.25) is 0 Å². The Morgan fingerprint density at radius 3 is 1.88 bits per heavy atom. The smallest absolute Gasteiger partial charge is 0.311 e. The zero-order valence-corrected chi connectivity index (χ0v) is 19.9. The van der Waals surface area contributed by atoms with Crippen LogP contribution in [0.5, 0.6) is 0 Å². The second-order valence-electron chi connectivity index (χ2n) is 8.22. The van der Waals surface area contributed by atoms with Crippen LogP contribution in [0.1, 0.15) is 29.4 Å². The van der Waals surface area contributed by atoms with Crippen LogP contribution in [0.3, 0.4) is 0 Å². The molecule has 0 aromatic carbocycles. The predicted octanol–water partition coefficient (Wildman–Crippen LogP) is 2.24. The Morgan fingerprint density at radius 2 is 1.42 bits per heavy atom. The number of rotatable bonds is 7. The van der Waals surface area contributed by atoms with Crippen LogP contribution in [-0.2, 0) is 38.5 Å². The van der Waals surface area contributed by atoms with Gasteiger partial charge in [0, 0.05) is 57.4 Å². The molecule has 8 nitrogen and oxygen atoms in total. The van der Waals surface area contributed by atoms with Crippen molar-refractivity contribution in [3.63, 3.8) is 0 Å². The van der Waals surface area contributed by atoms with Crippen molar-refractivity contribution < 1.29 is 19.0 Å². The molecule has 0 N–H and O–H groups in total. The van der Waals surface area contributed by atoms with Crippen molar-refractivity contribution in [1.29, 1.82) is 0 Å². The quantitative estimate of drug-likeness (QED) is 0.587. The van der Waals surface area contributed by atoms with Crippen LogP contribution >= 0.6 is 0 Å². The van der Waals surface area contributed by atoms with Gasteiger partial charge in [0.15, 0.2) is 0 Å². The van der Waals surface area contributed by atoms with Gasteiger partial charge in [-0.1, -0.05) is 12.1 Å². The molecule has 8 heteroatoms. The van der Waals surface area contributed by atoms with Crippen LogP contribution in [0.15, 0.2) is 36.7 Å². The summed E-state index contributed by atoms with van der Waals surface area (Å²) in [5, 5.41) is 0. The van der Waals surface area contributed by atoms with Gasteiger partial charge in [0.05, 0.1) is 45.1 Å². The van der Waals surface area contributed by atoms with Crippen LogP contribution in [-0.4, -0.2) is 85.0 Å². The molecule has 180 valence electrons. The maximum absolute atomic E-state index is 11.3. The Bertz CT molecular complexity index is 817. The van der Waals surface area contributed by atoms with Gasteiger partial charge in [-0.05, 0) is 37.1 Å². The van der Waals surface area contributed by atoms with Crippen molar-refractivity contribution in [1.82, 2.24) is 19.8 Å². The predicted molar refractivity (Wildman–Crippen MR) is 126 cm³/mol. The molecular weight excluding hydrogens is 420 g/mol. The molecule has 4 heterocycles. The molecule has 0 aliphatic carbocycles. The number of pyridine rings is 2. The first-order valence-electron chi connectivity index (χ1n) is 11.7. The first-order valence-corrected chi connectivity index (χ1v) is 11.7. The summed E-state index contributed by atoms with van der Waals surface area (Å²) in [6.45, 7) is 13.4. The Hall–Kier alpha value is -2.39. The minimum Gasteiger partial charge on any atom is -0.466 e. The van der Waals surface area contributed by atoms with E-state index in [2.05, 4.69) is 31.9 Å². The van der Waals surface area contributed by atoms with E-state index in [-0.39, 0.29) is 12.4 Å². The van der Waals surface area contributed by atoms with E-state index >= 15 is 0 Å². The van der Waals surface area contributed by atoms with Gasteiger partial charge in [0.1, 0.15) is 0 Å². The third-order valence-corrected chi connectivity index (χ3v) is 5.51. The maximum Gasteiger partial charge on any atom is 0.311 e. The molecule has 2 aromatic heterocycles. The Labute approximate surface area is 196 Å². The van der Waals surface area contributed by atoms with Crippen molar-refractivity contribution >= 4 is 5.97 Å². The van der Waals surface area contributed by atoms with Crippen molar-refractivity contribution in [3.05, 3.63) is 59.2 Å². The van der Waals surface area contributed by atoms with Crippen LogP contribution < -0.4 is 0 Å². The lowest BCUT2D eigenvalue weighted by Crippen LogP contribution is -2.35. The Morgan fingerprint density at radius 1 is 0.879 bits per heavy atom. The van der Waals surface area contributed by atoms with Gasteiger partial charge in [-0.25, -0.2) is 0 Å². The number of ether oxygens (including phenoxy) is 3. The van der Waals surface area contributed by atoms with Gasteiger partial charge < -0.3 is 14.2 Å². The molecule has 2 fully saturated rings. The van der Waals surface area contributed by atoms with E-state index in [9.17, 15) is 4.79 Å². The molecule has 2 aliphatic rings. The van der Waals surface area contributed by atoms with E-state index in [0.29, 0.717) is 6.61 Å². The summed E-state index contributed by atoms with van der Waals surface area (Å²) in [4.78, 5) is 24.7. The number of hydrogen-bond acceptors (Lipinski definition) is 8. The molecule has 0 amide bonds. The molecule has 0 radical (unpaired) electrons. The molecule has 2 saturated heterocycles. The highest BCUT2D eigenvalue weighted by Gasteiger charge is 2.12. The van der Waals surface area contributed by atoms with E-state index in [1.807, 2.05) is 31.5 Å². The van der Waals surface area contributed by atoms with Gasteiger partial charge in [-0.15, -0.1) is 0 Å². The minimum atomic E-state index is -0.226. The van der Waals surface area contributed by atoms with E-state index < -0.39 is 0 Å². The number of esters is 1.